The van der Waals surface area contributed by atoms with Crippen molar-refractivity contribution in [2.24, 2.45) is 0 Å². The Morgan fingerprint density at radius 2 is 2.27 bits per heavy atom. The van der Waals surface area contributed by atoms with Crippen LogP contribution >= 0.6 is 0 Å². The third kappa shape index (κ3) is 2.22. The van der Waals surface area contributed by atoms with E-state index >= 15 is 0 Å². The summed E-state index contributed by atoms with van der Waals surface area (Å²) >= 11 is 0. The zero-order chi connectivity index (χ0) is 10.7. The van der Waals surface area contributed by atoms with Crippen molar-refractivity contribution in [3.63, 3.8) is 0 Å². The van der Waals surface area contributed by atoms with Crippen LogP contribution in [0.4, 0.5) is 4.39 Å². The van der Waals surface area contributed by atoms with Gasteiger partial charge in [0.1, 0.15) is 23.4 Å². The molecule has 1 atom stereocenters. The van der Waals surface area contributed by atoms with Crippen molar-refractivity contribution in [1.82, 2.24) is 4.98 Å². The molecule has 0 aliphatic carbocycles. The number of pyridine rings is 1. The average molecular weight is 207 g/mol. The highest BCUT2D eigenvalue weighted by atomic mass is 19.1. The monoisotopic (exact) mass is 207 g/mol. The molecule has 4 heteroatoms. The number of aromatic nitrogens is 1. The van der Waals surface area contributed by atoms with Crippen LogP contribution in [0.5, 0.6) is 0 Å². The van der Waals surface area contributed by atoms with Gasteiger partial charge in [-0.25, -0.2) is 4.39 Å². The van der Waals surface area contributed by atoms with Gasteiger partial charge in [-0.3, -0.25) is 4.98 Å². The van der Waals surface area contributed by atoms with E-state index in [2.05, 4.69) is 4.98 Å². The Labute approximate surface area is 86.2 Å². The van der Waals surface area contributed by atoms with Gasteiger partial charge in [-0.05, 0) is 24.3 Å². The Morgan fingerprint density at radius 3 is 2.93 bits per heavy atom. The second-order valence-corrected chi connectivity index (χ2v) is 3.17. The van der Waals surface area contributed by atoms with Crippen molar-refractivity contribution >= 4 is 0 Å². The van der Waals surface area contributed by atoms with Crippen molar-refractivity contribution in [1.29, 1.82) is 0 Å². The van der Waals surface area contributed by atoms with Crippen LogP contribution in [-0.2, 0) is 6.42 Å². The van der Waals surface area contributed by atoms with Gasteiger partial charge in [-0.15, -0.1) is 0 Å². The van der Waals surface area contributed by atoms with Crippen molar-refractivity contribution in [3.8, 4) is 0 Å². The lowest BCUT2D eigenvalue weighted by Crippen LogP contribution is -2.06. The second kappa shape index (κ2) is 4.23. The smallest absolute Gasteiger partial charge is 0.147 e. The number of aliphatic hydroxyl groups excluding tert-OH is 1. The van der Waals surface area contributed by atoms with E-state index < -0.39 is 11.9 Å². The molecule has 0 aliphatic heterocycles. The average Bonchev–Trinajstić information content (AvgIpc) is 2.71. The second-order valence-electron chi connectivity index (χ2n) is 3.17. The number of rotatable bonds is 3. The molecular formula is C11H10FNO2. The molecule has 0 aromatic carbocycles. The molecule has 0 radical (unpaired) electrons. The molecule has 0 saturated heterocycles. The Hall–Kier alpha value is -1.68. The molecule has 1 N–H and O–H groups in total. The minimum Gasteiger partial charge on any atom is -0.469 e. The van der Waals surface area contributed by atoms with Gasteiger partial charge in [0, 0.05) is 12.6 Å². The molecule has 0 saturated carbocycles. The van der Waals surface area contributed by atoms with Crippen molar-refractivity contribution < 1.29 is 13.9 Å². The number of halogens is 1. The van der Waals surface area contributed by atoms with E-state index in [0.717, 1.165) is 0 Å². The van der Waals surface area contributed by atoms with Crippen molar-refractivity contribution in [2.75, 3.05) is 0 Å². The molecule has 0 fully saturated rings. The zero-order valence-corrected chi connectivity index (χ0v) is 7.93. The predicted molar refractivity (Wildman–Crippen MR) is 51.6 cm³/mol. The number of hydrogen-bond donors (Lipinski definition) is 1. The SMILES string of the molecule is OC(Cc1ccco1)c1ncccc1F. The third-order valence-electron chi connectivity index (χ3n) is 2.08. The van der Waals surface area contributed by atoms with Gasteiger partial charge in [0.05, 0.1) is 6.26 Å². The van der Waals surface area contributed by atoms with Crippen LogP contribution in [0.1, 0.15) is 17.6 Å². The van der Waals surface area contributed by atoms with Gasteiger partial charge < -0.3 is 9.52 Å². The molecule has 2 aromatic heterocycles. The topological polar surface area (TPSA) is 46.3 Å². The molecule has 15 heavy (non-hydrogen) atoms. The highest BCUT2D eigenvalue weighted by molar-refractivity contribution is 5.12. The summed E-state index contributed by atoms with van der Waals surface area (Å²) in [5.41, 5.74) is 0.0499. The molecule has 78 valence electrons. The van der Waals surface area contributed by atoms with Gasteiger partial charge in [-0.1, -0.05) is 0 Å². The van der Waals surface area contributed by atoms with Crippen molar-refractivity contribution in [3.05, 3.63) is 54.0 Å². The molecule has 2 heterocycles. The summed E-state index contributed by atoms with van der Waals surface area (Å²) in [7, 11) is 0. The highest BCUT2D eigenvalue weighted by Gasteiger charge is 2.15. The Balaban J connectivity index is 2.15. The first-order valence-corrected chi connectivity index (χ1v) is 4.58. The minimum atomic E-state index is -0.975. The van der Waals surface area contributed by atoms with Gasteiger partial charge in [0.15, 0.2) is 0 Å². The Morgan fingerprint density at radius 1 is 1.40 bits per heavy atom. The van der Waals surface area contributed by atoms with Crippen LogP contribution in [0.2, 0.25) is 0 Å². The van der Waals surface area contributed by atoms with E-state index in [9.17, 15) is 9.50 Å². The van der Waals surface area contributed by atoms with Crippen LogP contribution in [0.3, 0.4) is 0 Å². The van der Waals surface area contributed by atoms with Crippen LogP contribution in [-0.4, -0.2) is 10.1 Å². The first-order chi connectivity index (χ1) is 7.27. The fourth-order valence-electron chi connectivity index (χ4n) is 1.36. The summed E-state index contributed by atoms with van der Waals surface area (Å²) in [6.07, 6.45) is 2.21. The maximum Gasteiger partial charge on any atom is 0.147 e. The van der Waals surface area contributed by atoms with Crippen LogP contribution in [0.15, 0.2) is 41.1 Å². The summed E-state index contributed by atoms with van der Waals surface area (Å²) in [5, 5.41) is 9.71. The van der Waals surface area contributed by atoms with E-state index in [1.54, 1.807) is 12.1 Å². The summed E-state index contributed by atoms with van der Waals surface area (Å²) in [5.74, 6) is 0.101. The Bertz CT molecular complexity index is 428. The van der Waals surface area contributed by atoms with Gasteiger partial charge in [-0.2, -0.15) is 0 Å². The summed E-state index contributed by atoms with van der Waals surface area (Å²) < 4.78 is 18.3. The maximum atomic E-state index is 13.2. The summed E-state index contributed by atoms with van der Waals surface area (Å²) in [4.78, 5) is 3.79. The van der Waals surface area contributed by atoms with Crippen molar-refractivity contribution in [2.45, 2.75) is 12.5 Å². The fraction of sp³-hybridized carbons (Fsp3) is 0.182. The molecule has 2 rings (SSSR count). The largest absolute Gasteiger partial charge is 0.469 e. The number of aliphatic hydroxyl groups is 1. The summed E-state index contributed by atoms with van der Waals surface area (Å²) in [6, 6.07) is 6.20. The molecule has 0 spiro atoms. The summed E-state index contributed by atoms with van der Waals surface area (Å²) in [6.45, 7) is 0. The standard InChI is InChI=1S/C11H10FNO2/c12-9-4-1-5-13-11(9)10(14)7-8-3-2-6-15-8/h1-6,10,14H,7H2. The molecule has 0 amide bonds. The number of nitrogens with zero attached hydrogens (tertiary/aromatic N) is 1. The third-order valence-corrected chi connectivity index (χ3v) is 2.08. The molecule has 0 aliphatic rings. The molecular weight excluding hydrogens is 197 g/mol. The van der Waals surface area contributed by atoms with E-state index in [4.69, 9.17) is 4.42 Å². The van der Waals surface area contributed by atoms with E-state index in [0.29, 0.717) is 5.76 Å². The van der Waals surface area contributed by atoms with Gasteiger partial charge in [0.25, 0.3) is 0 Å². The first kappa shape index (κ1) is 9.86. The van der Waals surface area contributed by atoms with Gasteiger partial charge >= 0.3 is 0 Å². The van der Waals surface area contributed by atoms with Crippen LogP contribution < -0.4 is 0 Å². The highest BCUT2D eigenvalue weighted by Crippen LogP contribution is 2.18. The lowest BCUT2D eigenvalue weighted by Gasteiger charge is -2.08. The van der Waals surface area contributed by atoms with E-state index in [1.165, 1.54) is 24.6 Å². The quantitative estimate of drug-likeness (QED) is 0.838. The number of furan rings is 1. The predicted octanol–water partition coefficient (Wildman–Crippen LogP) is 2.09. The molecule has 0 bridgehead atoms. The van der Waals surface area contributed by atoms with Crippen LogP contribution in [0, 0.1) is 5.82 Å². The Kier molecular flexibility index (Phi) is 2.78. The lowest BCUT2D eigenvalue weighted by atomic mass is 10.1. The molecule has 2 aromatic rings. The maximum absolute atomic E-state index is 13.2. The minimum absolute atomic E-state index is 0.0499. The van der Waals surface area contributed by atoms with E-state index in [1.807, 2.05) is 0 Å². The number of hydrogen-bond acceptors (Lipinski definition) is 3. The first-order valence-electron chi connectivity index (χ1n) is 4.58. The molecule has 3 nitrogen and oxygen atoms in total. The molecule has 1 unspecified atom stereocenters. The normalized spacial score (nSPS) is 12.7. The lowest BCUT2D eigenvalue weighted by molar-refractivity contribution is 0.161. The zero-order valence-electron chi connectivity index (χ0n) is 7.93. The van der Waals surface area contributed by atoms with Gasteiger partial charge in [0.2, 0.25) is 0 Å². The van der Waals surface area contributed by atoms with E-state index in [-0.39, 0.29) is 12.1 Å². The fourth-order valence-corrected chi connectivity index (χ4v) is 1.36. The van der Waals surface area contributed by atoms with Crippen LogP contribution in [0.25, 0.3) is 0 Å².